The molecule has 0 spiro atoms. The van der Waals surface area contributed by atoms with Crippen LogP contribution in [0.3, 0.4) is 0 Å². The van der Waals surface area contributed by atoms with Crippen LogP contribution in [-0.2, 0) is 12.1 Å². The van der Waals surface area contributed by atoms with Gasteiger partial charge in [0.2, 0.25) is 0 Å². The van der Waals surface area contributed by atoms with E-state index in [1.54, 1.807) is 0 Å². The van der Waals surface area contributed by atoms with Gasteiger partial charge in [-0.1, -0.05) is 91.0 Å². The first-order valence-corrected chi connectivity index (χ1v) is 10.7. The number of carbonyl (C=O) groups excluding carboxylic acids is 1. The number of hydrogen-bond donors (Lipinski definition) is 1. The quantitative estimate of drug-likeness (QED) is 0.699. The van der Waals surface area contributed by atoms with Gasteiger partial charge in [-0.2, -0.15) is 0 Å². The van der Waals surface area contributed by atoms with E-state index in [4.69, 9.17) is 0 Å². The summed E-state index contributed by atoms with van der Waals surface area (Å²) in [5.41, 5.74) is 3.08. The first kappa shape index (κ1) is 18.9. The van der Waals surface area contributed by atoms with E-state index in [9.17, 15) is 4.79 Å². The van der Waals surface area contributed by atoms with Gasteiger partial charge in [-0.15, -0.1) is 0 Å². The van der Waals surface area contributed by atoms with Gasteiger partial charge in [-0.3, -0.25) is 4.90 Å². The summed E-state index contributed by atoms with van der Waals surface area (Å²) in [7, 11) is 0. The molecule has 4 heteroatoms. The fourth-order valence-corrected chi connectivity index (χ4v) is 4.91. The standard InChI is InChI=1S/C26H27N3O/c30-25-27-26(22-12-6-2-7-13-22,23-14-8-3-9-15-23)20-29(25)24-16-17-28(19-24)18-21-10-4-1-5-11-21/h1-15,24H,16-20H2,(H,27,30). The van der Waals surface area contributed by atoms with E-state index in [1.165, 1.54) is 5.56 Å². The Hall–Kier alpha value is -3.11. The molecule has 0 saturated carbocycles. The van der Waals surface area contributed by atoms with Crippen molar-refractivity contribution in [3.63, 3.8) is 0 Å². The minimum atomic E-state index is -0.507. The van der Waals surface area contributed by atoms with E-state index in [0.29, 0.717) is 6.54 Å². The maximum Gasteiger partial charge on any atom is 0.318 e. The lowest BCUT2D eigenvalue weighted by Gasteiger charge is -2.31. The van der Waals surface area contributed by atoms with Crippen LogP contribution in [0.15, 0.2) is 91.0 Å². The van der Waals surface area contributed by atoms with Gasteiger partial charge >= 0.3 is 6.03 Å². The van der Waals surface area contributed by atoms with Gasteiger partial charge in [0, 0.05) is 25.7 Å². The number of carbonyl (C=O) groups is 1. The van der Waals surface area contributed by atoms with Crippen molar-refractivity contribution in [2.24, 2.45) is 0 Å². The Bertz CT molecular complexity index is 951. The van der Waals surface area contributed by atoms with Gasteiger partial charge < -0.3 is 10.2 Å². The summed E-state index contributed by atoms with van der Waals surface area (Å²) in [5.74, 6) is 0. The molecule has 0 aliphatic carbocycles. The summed E-state index contributed by atoms with van der Waals surface area (Å²) in [4.78, 5) is 17.7. The highest BCUT2D eigenvalue weighted by molar-refractivity contribution is 5.80. The zero-order valence-corrected chi connectivity index (χ0v) is 17.1. The highest BCUT2D eigenvalue weighted by Crippen LogP contribution is 2.36. The average Bonchev–Trinajstić information content (AvgIpc) is 3.40. The van der Waals surface area contributed by atoms with Crippen molar-refractivity contribution in [2.75, 3.05) is 19.6 Å². The predicted octanol–water partition coefficient (Wildman–Crippen LogP) is 4.23. The Morgan fingerprint density at radius 1 is 0.833 bits per heavy atom. The van der Waals surface area contributed by atoms with Crippen molar-refractivity contribution in [1.82, 2.24) is 15.1 Å². The smallest absolute Gasteiger partial charge is 0.318 e. The number of urea groups is 1. The fourth-order valence-electron chi connectivity index (χ4n) is 4.91. The van der Waals surface area contributed by atoms with E-state index >= 15 is 0 Å². The highest BCUT2D eigenvalue weighted by atomic mass is 16.2. The fraction of sp³-hybridized carbons (Fsp3) is 0.269. The molecule has 0 radical (unpaired) electrons. The molecule has 1 unspecified atom stereocenters. The van der Waals surface area contributed by atoms with Crippen molar-refractivity contribution in [3.8, 4) is 0 Å². The lowest BCUT2D eigenvalue weighted by molar-refractivity contribution is 0.194. The summed E-state index contributed by atoms with van der Waals surface area (Å²) < 4.78 is 0. The Labute approximate surface area is 178 Å². The third-order valence-corrected chi connectivity index (χ3v) is 6.46. The van der Waals surface area contributed by atoms with Crippen LogP contribution in [0.1, 0.15) is 23.1 Å². The van der Waals surface area contributed by atoms with Crippen molar-refractivity contribution in [2.45, 2.75) is 24.5 Å². The third-order valence-electron chi connectivity index (χ3n) is 6.46. The topological polar surface area (TPSA) is 35.6 Å². The van der Waals surface area contributed by atoms with Crippen LogP contribution in [-0.4, -0.2) is 41.5 Å². The number of nitrogens with zero attached hydrogens (tertiary/aromatic N) is 2. The van der Waals surface area contributed by atoms with Crippen molar-refractivity contribution >= 4 is 6.03 Å². The van der Waals surface area contributed by atoms with Crippen molar-refractivity contribution < 1.29 is 4.79 Å². The summed E-state index contributed by atoms with van der Waals surface area (Å²) in [5, 5.41) is 3.36. The molecule has 1 atom stereocenters. The zero-order chi connectivity index (χ0) is 20.4. The molecule has 2 fully saturated rings. The molecule has 2 heterocycles. The summed E-state index contributed by atoms with van der Waals surface area (Å²) in [6.45, 7) is 3.54. The second-order valence-corrected chi connectivity index (χ2v) is 8.36. The molecule has 5 rings (SSSR count). The van der Waals surface area contributed by atoms with E-state index in [2.05, 4.69) is 69.7 Å². The number of nitrogens with one attached hydrogen (secondary N) is 1. The Kier molecular flexibility index (Phi) is 5.01. The summed E-state index contributed by atoms with van der Waals surface area (Å²) in [6.07, 6.45) is 1.01. The lowest BCUT2D eigenvalue weighted by Crippen LogP contribution is -2.41. The van der Waals surface area contributed by atoms with Gasteiger partial charge in [0.25, 0.3) is 0 Å². The zero-order valence-electron chi connectivity index (χ0n) is 17.1. The van der Waals surface area contributed by atoms with Gasteiger partial charge in [0.1, 0.15) is 5.54 Å². The normalized spacial score (nSPS) is 21.0. The molecule has 0 bridgehead atoms. The Morgan fingerprint density at radius 3 is 2.00 bits per heavy atom. The molecule has 30 heavy (non-hydrogen) atoms. The van der Waals surface area contributed by atoms with Crippen LogP contribution < -0.4 is 5.32 Å². The average molecular weight is 398 g/mol. The first-order chi connectivity index (χ1) is 14.7. The molecular formula is C26H27N3O. The maximum atomic E-state index is 13.2. The Morgan fingerprint density at radius 2 is 1.40 bits per heavy atom. The highest BCUT2D eigenvalue weighted by Gasteiger charge is 2.48. The minimum Gasteiger partial charge on any atom is -0.323 e. The molecule has 2 amide bonds. The van der Waals surface area contributed by atoms with Gasteiger partial charge in [0.15, 0.2) is 0 Å². The molecule has 152 valence electrons. The molecule has 2 aliphatic rings. The third kappa shape index (κ3) is 3.48. The number of hydrogen-bond acceptors (Lipinski definition) is 2. The van der Waals surface area contributed by atoms with Crippen LogP contribution in [0.4, 0.5) is 4.79 Å². The van der Waals surface area contributed by atoms with Crippen LogP contribution in [0.25, 0.3) is 0 Å². The van der Waals surface area contributed by atoms with E-state index in [1.807, 2.05) is 36.4 Å². The second kappa shape index (κ2) is 7.96. The Balaban J connectivity index is 1.38. The molecular weight excluding hydrogens is 370 g/mol. The minimum absolute atomic E-state index is 0.0364. The number of rotatable bonds is 5. The maximum absolute atomic E-state index is 13.2. The summed E-state index contributed by atoms with van der Waals surface area (Å²) >= 11 is 0. The van der Waals surface area contributed by atoms with Crippen molar-refractivity contribution in [3.05, 3.63) is 108 Å². The van der Waals surface area contributed by atoms with Crippen LogP contribution >= 0.6 is 0 Å². The molecule has 1 N–H and O–H groups in total. The van der Waals surface area contributed by atoms with Crippen LogP contribution in [0.5, 0.6) is 0 Å². The van der Waals surface area contributed by atoms with Gasteiger partial charge in [-0.25, -0.2) is 4.79 Å². The van der Waals surface area contributed by atoms with E-state index in [0.717, 1.165) is 37.2 Å². The lowest BCUT2D eigenvalue weighted by atomic mass is 9.83. The second-order valence-electron chi connectivity index (χ2n) is 8.36. The largest absolute Gasteiger partial charge is 0.323 e. The van der Waals surface area contributed by atoms with Crippen molar-refractivity contribution in [1.29, 1.82) is 0 Å². The van der Waals surface area contributed by atoms with Crippen LogP contribution in [0, 0.1) is 0 Å². The predicted molar refractivity (Wildman–Crippen MR) is 119 cm³/mol. The number of likely N-dealkylation sites (tertiary alicyclic amines) is 1. The SMILES string of the molecule is O=C1NC(c2ccccc2)(c2ccccc2)CN1C1CCN(Cc2ccccc2)C1. The molecule has 2 saturated heterocycles. The summed E-state index contributed by atoms with van der Waals surface area (Å²) in [6, 6.07) is 31.6. The molecule has 3 aromatic rings. The first-order valence-electron chi connectivity index (χ1n) is 10.7. The van der Waals surface area contributed by atoms with Gasteiger partial charge in [-0.05, 0) is 23.1 Å². The molecule has 3 aromatic carbocycles. The molecule has 2 aliphatic heterocycles. The number of benzene rings is 3. The number of amides is 2. The van der Waals surface area contributed by atoms with E-state index in [-0.39, 0.29) is 12.1 Å². The monoisotopic (exact) mass is 397 g/mol. The molecule has 4 nitrogen and oxygen atoms in total. The van der Waals surface area contributed by atoms with Gasteiger partial charge in [0.05, 0.1) is 6.54 Å². The van der Waals surface area contributed by atoms with Crippen LogP contribution in [0.2, 0.25) is 0 Å². The molecule has 0 aromatic heterocycles. The van der Waals surface area contributed by atoms with E-state index < -0.39 is 5.54 Å².